The van der Waals surface area contributed by atoms with Crippen molar-refractivity contribution >= 4 is 69.1 Å². The molecule has 0 saturated carbocycles. The molecule has 0 fully saturated rings. The average Bonchev–Trinajstić information content (AvgIpc) is 3.88. The van der Waals surface area contributed by atoms with Crippen molar-refractivity contribution in [3.05, 3.63) is 179 Å². The van der Waals surface area contributed by atoms with E-state index < -0.39 is 7.81 Å². The number of unbranched alkanes of at least 4 members (excludes halogenated alkanes) is 2. The Hall–Kier alpha value is -5.92. The summed E-state index contributed by atoms with van der Waals surface area (Å²) in [5, 5.41) is 8.01. The molecule has 1 aliphatic carbocycles. The van der Waals surface area contributed by atoms with E-state index in [9.17, 15) is 25.2 Å². The molecule has 1 aliphatic heterocycles. The molecule has 2 heterocycles. The van der Waals surface area contributed by atoms with Crippen molar-refractivity contribution in [2.24, 2.45) is 0 Å². The van der Waals surface area contributed by atoms with Gasteiger partial charge in [-0.05, 0) is 83.7 Å². The third-order valence-corrected chi connectivity index (χ3v) is 11.4. The monoisotopic (exact) mass is 847 g/mol. The molecule has 9 rings (SSSR count). The summed E-state index contributed by atoms with van der Waals surface area (Å²) in [6.07, 6.45) is 16.3. The van der Waals surface area contributed by atoms with Crippen LogP contribution in [0.2, 0.25) is 0 Å². The molecular weight excluding hydrogens is 800 g/mol. The van der Waals surface area contributed by atoms with Gasteiger partial charge in [-0.3, -0.25) is 0 Å². The maximum absolute atomic E-state index is 10.7. The van der Waals surface area contributed by atoms with Crippen molar-refractivity contribution < 1.29 is 29.8 Å². The van der Waals surface area contributed by atoms with Gasteiger partial charge in [0.05, 0.1) is 16.6 Å². The van der Waals surface area contributed by atoms with Crippen molar-refractivity contribution in [1.82, 2.24) is 4.57 Å². The number of anilines is 2. The van der Waals surface area contributed by atoms with Crippen LogP contribution in [0.4, 0.5) is 42.2 Å². The van der Waals surface area contributed by atoms with E-state index in [2.05, 4.69) is 186 Å². The minimum absolute atomic E-state index is 0.978. The Bertz CT molecular complexity index is 2870. The van der Waals surface area contributed by atoms with E-state index in [4.69, 9.17) is 0 Å². The second kappa shape index (κ2) is 16.2. The zero-order valence-corrected chi connectivity index (χ0v) is 35.1. The van der Waals surface area contributed by atoms with Crippen LogP contribution in [0.5, 0.6) is 0 Å². The van der Waals surface area contributed by atoms with Crippen LogP contribution in [0.25, 0.3) is 38.5 Å². The van der Waals surface area contributed by atoms with Crippen molar-refractivity contribution in [2.45, 2.75) is 58.9 Å². The number of halogens is 6. The Morgan fingerprint density at radius 1 is 0.623 bits per heavy atom. The number of aromatic nitrogens is 1. The molecule has 0 saturated heterocycles. The van der Waals surface area contributed by atoms with Gasteiger partial charge in [0.1, 0.15) is 6.54 Å². The molecule has 0 bridgehead atoms. The minimum atomic E-state index is -10.7. The SMILES string of the molecule is CCCCn1/c(=C/C=C2\CCC(/C=C/C3=[N+](CCCC)c4cccc5cccc3c45)=C2N(c2ccccc2)c2ccccc2)c2cccc3cccc1c32.F[P-](F)(F)(F)(F)F. The zero-order valence-electron chi connectivity index (χ0n) is 34.2. The van der Waals surface area contributed by atoms with Gasteiger partial charge >= 0.3 is 33.0 Å². The first-order valence-electron chi connectivity index (χ1n) is 21.0. The second-order valence-corrected chi connectivity index (χ2v) is 17.6. The third-order valence-electron chi connectivity index (χ3n) is 11.4. The number of hydrogen-bond acceptors (Lipinski definition) is 1. The summed E-state index contributed by atoms with van der Waals surface area (Å²) < 4.78 is 64.3. The summed E-state index contributed by atoms with van der Waals surface area (Å²) in [5.41, 5.74) is 11.6. The Balaban J connectivity index is 0.000000678. The molecule has 0 N–H and O–H groups in total. The van der Waals surface area contributed by atoms with Crippen molar-refractivity contribution in [3.63, 3.8) is 0 Å². The molecule has 61 heavy (non-hydrogen) atoms. The van der Waals surface area contributed by atoms with E-state index in [1.165, 1.54) is 83.0 Å². The Kier molecular flexibility index (Phi) is 11.1. The molecule has 7 aromatic rings. The molecule has 3 nitrogen and oxygen atoms in total. The number of aryl methyl sites for hydroxylation is 1. The van der Waals surface area contributed by atoms with Crippen LogP contribution >= 0.6 is 7.81 Å². The number of nitrogens with zero attached hydrogens (tertiary/aromatic N) is 3. The second-order valence-electron chi connectivity index (χ2n) is 15.7. The Labute approximate surface area is 352 Å². The molecule has 314 valence electrons. The average molecular weight is 848 g/mol. The standard InChI is InChI=1S/C51H48N3.F6P/c1-3-5-35-52-45(43-25-13-17-37-19-15-27-47(52)49(37)43)33-31-39-29-30-40(51(39)54(41-21-9-7-10-22-41)42-23-11-8-12-24-42)32-34-46-44-26-14-18-38-20-16-28-48(50(38)44)53(46)36-6-4-2;1-7(2,3,4,5)6/h7-28,31-34H,3-6,29-30,35-36H2,1-2H3;/q+1;-1. The van der Waals surface area contributed by atoms with Crippen molar-refractivity contribution in [3.8, 4) is 0 Å². The molecule has 10 heteroatoms. The zero-order chi connectivity index (χ0) is 42.8. The Morgan fingerprint density at radius 3 is 1.85 bits per heavy atom. The fourth-order valence-corrected chi connectivity index (χ4v) is 8.79. The number of benzene rings is 6. The predicted molar refractivity (Wildman–Crippen MR) is 244 cm³/mol. The van der Waals surface area contributed by atoms with E-state index in [1.807, 2.05) is 0 Å². The third kappa shape index (κ3) is 9.38. The summed E-state index contributed by atoms with van der Waals surface area (Å²) >= 11 is 0. The molecule has 2 aliphatic rings. The van der Waals surface area contributed by atoms with Crippen LogP contribution in [-0.2, 0) is 6.54 Å². The van der Waals surface area contributed by atoms with Crippen LogP contribution in [0.1, 0.15) is 57.9 Å². The molecule has 0 amide bonds. The topological polar surface area (TPSA) is 11.2 Å². The van der Waals surface area contributed by atoms with E-state index >= 15 is 0 Å². The first-order chi connectivity index (χ1) is 29.2. The van der Waals surface area contributed by atoms with Crippen molar-refractivity contribution in [1.29, 1.82) is 0 Å². The van der Waals surface area contributed by atoms with Gasteiger partial charge in [-0.15, -0.1) is 0 Å². The fourth-order valence-electron chi connectivity index (χ4n) is 8.79. The summed E-state index contributed by atoms with van der Waals surface area (Å²) in [7, 11) is -10.7. The normalized spacial score (nSPS) is 16.3. The Morgan fingerprint density at radius 2 is 1.21 bits per heavy atom. The van der Waals surface area contributed by atoms with E-state index in [0.29, 0.717) is 0 Å². The maximum atomic E-state index is 9.87. The number of para-hydroxylation sites is 2. The first kappa shape index (κ1) is 41.8. The molecule has 6 aromatic carbocycles. The molecule has 0 atom stereocenters. The van der Waals surface area contributed by atoms with Crippen LogP contribution in [0.3, 0.4) is 0 Å². The molecule has 0 unspecified atom stereocenters. The van der Waals surface area contributed by atoms with Gasteiger partial charge in [0.15, 0.2) is 0 Å². The summed E-state index contributed by atoms with van der Waals surface area (Å²) in [5.74, 6) is 0. The molecular formula is C51H48F6N3P. The van der Waals surface area contributed by atoms with Crippen LogP contribution in [0, 0.1) is 0 Å². The van der Waals surface area contributed by atoms with Gasteiger partial charge in [-0.2, -0.15) is 4.58 Å². The quantitative estimate of drug-likeness (QED) is 0.0677. The molecule has 0 spiro atoms. The van der Waals surface area contributed by atoms with Gasteiger partial charge in [0, 0.05) is 58.1 Å². The van der Waals surface area contributed by atoms with E-state index in [1.54, 1.807) is 0 Å². The predicted octanol–water partition coefficient (Wildman–Crippen LogP) is 15.9. The van der Waals surface area contributed by atoms with E-state index in [-0.39, 0.29) is 0 Å². The molecule has 0 radical (unpaired) electrons. The van der Waals surface area contributed by atoms with Gasteiger partial charge in [-0.25, -0.2) is 0 Å². The number of allylic oxidation sites excluding steroid dienone is 5. The van der Waals surface area contributed by atoms with Crippen LogP contribution < -0.4 is 10.2 Å². The summed E-state index contributed by atoms with van der Waals surface area (Å²) in [6.45, 7) is 6.60. The first-order valence-corrected chi connectivity index (χ1v) is 23.0. The van der Waals surface area contributed by atoms with Gasteiger partial charge in [0.2, 0.25) is 11.4 Å². The number of rotatable bonds is 12. The van der Waals surface area contributed by atoms with Crippen LogP contribution in [0.15, 0.2) is 169 Å². The van der Waals surface area contributed by atoms with Gasteiger partial charge < -0.3 is 9.47 Å². The van der Waals surface area contributed by atoms with E-state index in [0.717, 1.165) is 51.6 Å². The molecule has 1 aromatic heterocycles. The van der Waals surface area contributed by atoms with Crippen LogP contribution in [-0.4, -0.2) is 21.4 Å². The van der Waals surface area contributed by atoms with Gasteiger partial charge in [0.25, 0.3) is 0 Å². The summed E-state index contributed by atoms with van der Waals surface area (Å²) in [4.78, 5) is 2.49. The number of hydrogen-bond donors (Lipinski definition) is 0. The van der Waals surface area contributed by atoms with Crippen molar-refractivity contribution in [2.75, 3.05) is 11.4 Å². The van der Waals surface area contributed by atoms with Gasteiger partial charge in [-0.1, -0.05) is 130 Å². The summed E-state index contributed by atoms with van der Waals surface area (Å²) in [6, 6.07) is 48.9. The fraction of sp³-hybridized carbons (Fsp3) is 0.196.